The highest BCUT2D eigenvalue weighted by molar-refractivity contribution is 4.83. The van der Waals surface area contributed by atoms with Crippen LogP contribution < -0.4 is 5.32 Å². The lowest BCUT2D eigenvalue weighted by Gasteiger charge is -2.43. The van der Waals surface area contributed by atoms with Crippen LogP contribution in [0, 0.1) is 5.92 Å². The van der Waals surface area contributed by atoms with Gasteiger partial charge in [-0.15, -0.1) is 0 Å². The van der Waals surface area contributed by atoms with Crippen molar-refractivity contribution in [3.8, 4) is 0 Å². The average Bonchev–Trinajstić information content (AvgIpc) is 2.41. The van der Waals surface area contributed by atoms with E-state index in [0.717, 1.165) is 30.8 Å². The molecular weight excluding hydrogens is 210 g/mol. The molecule has 0 saturated carbocycles. The molecule has 2 fully saturated rings. The van der Waals surface area contributed by atoms with Gasteiger partial charge in [0.1, 0.15) is 0 Å². The van der Waals surface area contributed by atoms with E-state index in [0.29, 0.717) is 4.90 Å². The van der Waals surface area contributed by atoms with Gasteiger partial charge in [0.2, 0.25) is 0 Å². The Morgan fingerprint density at radius 2 is 1.71 bits per heavy atom. The fourth-order valence-electron chi connectivity index (χ4n) is 2.03. The van der Waals surface area contributed by atoms with Gasteiger partial charge in [-0.2, -0.15) is 0 Å². The second kappa shape index (κ2) is 5.68. The molecule has 2 rings (SSSR count). The van der Waals surface area contributed by atoms with Crippen molar-refractivity contribution in [2.24, 2.45) is 5.92 Å². The van der Waals surface area contributed by atoms with Gasteiger partial charge in [0.15, 0.2) is 0 Å². The number of hydrogen-bond acceptors (Lipinski definition) is 3. The molecule has 1 N–H and O–H groups in total. The first-order valence-electron chi connectivity index (χ1n) is 10.4. The van der Waals surface area contributed by atoms with Gasteiger partial charge >= 0.3 is 0 Å². The highest BCUT2D eigenvalue weighted by Crippen LogP contribution is 2.18. The normalized spacial score (nSPS) is 45.1. The highest BCUT2D eigenvalue weighted by Gasteiger charge is 2.26. The van der Waals surface area contributed by atoms with E-state index in [9.17, 15) is 0 Å². The van der Waals surface area contributed by atoms with Crippen molar-refractivity contribution in [2.75, 3.05) is 45.6 Å². The van der Waals surface area contributed by atoms with E-state index in [1.165, 1.54) is 0 Å². The van der Waals surface area contributed by atoms with Crippen molar-refractivity contribution in [3.63, 3.8) is 0 Å². The Labute approximate surface area is 118 Å². The summed E-state index contributed by atoms with van der Waals surface area (Å²) in [5.41, 5.74) is -1.10. The van der Waals surface area contributed by atoms with Gasteiger partial charge in [-0.25, -0.2) is 0 Å². The monoisotopic (exact) mass is 247 g/mol. The highest BCUT2D eigenvalue weighted by atomic mass is 15.3. The predicted octanol–water partition coefficient (Wildman–Crippen LogP) is 1.40. The minimum atomic E-state index is -2.70. The molecule has 0 aromatic heterocycles. The Bertz CT molecular complexity index is 469. The fraction of sp³-hybridized carbons (Fsp3) is 1.00. The van der Waals surface area contributed by atoms with E-state index in [2.05, 4.69) is 5.32 Å². The molecule has 0 aromatic rings. The van der Waals surface area contributed by atoms with Gasteiger partial charge in [-0.3, -0.25) is 4.90 Å². The second-order valence-electron chi connectivity index (χ2n) is 5.76. The molecule has 0 unspecified atom stereocenters. The van der Waals surface area contributed by atoms with Crippen LogP contribution >= 0.6 is 0 Å². The molecule has 2 aliphatic rings. The summed E-state index contributed by atoms with van der Waals surface area (Å²) in [5.74, 6) is -0.000753. The molecule has 0 bridgehead atoms. The Balaban J connectivity index is 2.50. The van der Waals surface area contributed by atoms with E-state index >= 15 is 0 Å². The molecule has 0 aromatic carbocycles. The van der Waals surface area contributed by atoms with Crippen LogP contribution in [0.15, 0.2) is 0 Å². The third kappa shape index (κ3) is 3.94. The van der Waals surface area contributed by atoms with Crippen LogP contribution in [0.2, 0.25) is 0 Å². The number of nitrogens with zero attached hydrogens (tertiary/aromatic N) is 2. The standard InChI is InChI=1S/C14H29N3/c1-14(2,3)17-10-8-16(9-11-17)12-13-4-6-15-7-5-13/h13,15H,4-12H2,1-3H3/i8D2,9D2,10D2,11D2. The van der Waals surface area contributed by atoms with Crippen LogP contribution in [0.1, 0.15) is 44.6 Å². The quantitative estimate of drug-likeness (QED) is 0.796. The summed E-state index contributed by atoms with van der Waals surface area (Å²) in [4.78, 5) is 1.49. The number of nitrogens with one attached hydrogen (secondary N) is 1. The van der Waals surface area contributed by atoms with Gasteiger partial charge in [-0.1, -0.05) is 0 Å². The van der Waals surface area contributed by atoms with Gasteiger partial charge in [0.05, 0.1) is 0 Å². The largest absolute Gasteiger partial charge is 0.317 e. The van der Waals surface area contributed by atoms with Crippen LogP contribution in [0.25, 0.3) is 0 Å². The molecule has 100 valence electrons. The summed E-state index contributed by atoms with van der Waals surface area (Å²) in [5, 5.41) is 3.19. The lowest BCUT2D eigenvalue weighted by Crippen LogP contribution is -2.54. The minimum Gasteiger partial charge on any atom is -0.317 e. The summed E-state index contributed by atoms with van der Waals surface area (Å²) in [6.45, 7) is -4.58. The fourth-order valence-corrected chi connectivity index (χ4v) is 2.03. The minimum absolute atomic E-state index is 0.000753. The second-order valence-corrected chi connectivity index (χ2v) is 5.76. The zero-order valence-corrected chi connectivity index (χ0v) is 11.0. The summed E-state index contributed by atoms with van der Waals surface area (Å²) in [6.07, 6.45) is 1.47. The molecule has 3 nitrogen and oxygen atoms in total. The van der Waals surface area contributed by atoms with Crippen LogP contribution in [0.5, 0.6) is 0 Å². The average molecular weight is 247 g/mol. The SMILES string of the molecule is [2H]C1([2H])N(CC2CCNCC2)C([2H])([2H])C([2H])([2H])N(C(C)(C)C)C1([2H])[2H]. The number of rotatable bonds is 2. The molecule has 0 amide bonds. The zero-order valence-electron chi connectivity index (χ0n) is 19.0. The maximum absolute atomic E-state index is 8.40. The molecule has 0 aliphatic carbocycles. The maximum Gasteiger partial charge on any atom is 0.0444 e. The Morgan fingerprint density at radius 1 is 1.12 bits per heavy atom. The van der Waals surface area contributed by atoms with E-state index < -0.39 is 31.5 Å². The molecular formula is C14H29N3. The predicted molar refractivity (Wildman–Crippen MR) is 73.4 cm³/mol. The number of piperidine rings is 1. The Kier molecular flexibility index (Phi) is 2.12. The van der Waals surface area contributed by atoms with E-state index in [1.54, 1.807) is 20.8 Å². The van der Waals surface area contributed by atoms with Crippen LogP contribution in [0.4, 0.5) is 0 Å². The third-order valence-corrected chi connectivity index (χ3v) is 3.16. The molecule has 0 spiro atoms. The maximum atomic E-state index is 8.40. The van der Waals surface area contributed by atoms with Crippen LogP contribution in [-0.2, 0) is 0 Å². The molecule has 17 heavy (non-hydrogen) atoms. The zero-order chi connectivity index (χ0) is 19.5. The van der Waals surface area contributed by atoms with E-state index in [-0.39, 0.29) is 12.5 Å². The van der Waals surface area contributed by atoms with E-state index in [1.807, 2.05) is 0 Å². The molecule has 3 heteroatoms. The number of piperazine rings is 1. The lowest BCUT2D eigenvalue weighted by atomic mass is 9.97. The number of hydrogen-bond donors (Lipinski definition) is 1. The molecule has 2 aliphatic heterocycles. The Morgan fingerprint density at radius 3 is 2.24 bits per heavy atom. The van der Waals surface area contributed by atoms with Crippen molar-refractivity contribution in [3.05, 3.63) is 0 Å². The van der Waals surface area contributed by atoms with Gasteiger partial charge in [0, 0.05) is 49.0 Å². The Hall–Kier alpha value is -0.120. The summed E-state index contributed by atoms with van der Waals surface area (Å²) < 4.78 is 67.1. The lowest BCUT2D eigenvalue weighted by molar-refractivity contribution is 0.0528. The van der Waals surface area contributed by atoms with Gasteiger partial charge < -0.3 is 10.2 Å². The summed E-state index contributed by atoms with van der Waals surface area (Å²) in [6, 6.07) is 0. The van der Waals surface area contributed by atoms with E-state index in [4.69, 9.17) is 11.0 Å². The van der Waals surface area contributed by atoms with Crippen molar-refractivity contribution in [2.45, 2.75) is 39.2 Å². The van der Waals surface area contributed by atoms with Gasteiger partial charge in [-0.05, 0) is 52.6 Å². The van der Waals surface area contributed by atoms with Crippen LogP contribution in [-0.4, -0.2) is 61.0 Å². The third-order valence-electron chi connectivity index (χ3n) is 3.16. The van der Waals surface area contributed by atoms with Gasteiger partial charge in [0.25, 0.3) is 0 Å². The van der Waals surface area contributed by atoms with Crippen molar-refractivity contribution in [1.82, 2.24) is 15.1 Å². The van der Waals surface area contributed by atoms with Crippen molar-refractivity contribution >= 4 is 0 Å². The smallest absolute Gasteiger partial charge is 0.0444 e. The first kappa shape index (κ1) is 6.36. The summed E-state index contributed by atoms with van der Waals surface area (Å²) >= 11 is 0. The van der Waals surface area contributed by atoms with Crippen molar-refractivity contribution in [1.29, 1.82) is 0 Å². The molecule has 0 radical (unpaired) electrons. The van der Waals surface area contributed by atoms with Crippen LogP contribution in [0.3, 0.4) is 0 Å². The molecule has 0 atom stereocenters. The topological polar surface area (TPSA) is 18.5 Å². The molecule has 2 heterocycles. The first-order valence-corrected chi connectivity index (χ1v) is 6.37. The molecule has 2 saturated heterocycles. The van der Waals surface area contributed by atoms with Crippen molar-refractivity contribution < 1.29 is 11.0 Å². The summed E-state index contributed by atoms with van der Waals surface area (Å²) in [7, 11) is 0. The first-order chi connectivity index (χ1) is 11.1.